The van der Waals surface area contributed by atoms with Gasteiger partial charge in [-0.15, -0.1) is 0 Å². The van der Waals surface area contributed by atoms with Crippen molar-refractivity contribution in [2.75, 3.05) is 20.2 Å². The normalized spacial score (nSPS) is 20.8. The molecule has 0 radical (unpaired) electrons. The second-order valence-electron chi connectivity index (χ2n) is 4.05. The summed E-state index contributed by atoms with van der Waals surface area (Å²) in [4.78, 5) is 0. The number of halogens is 2. The van der Waals surface area contributed by atoms with E-state index in [2.05, 4.69) is 5.32 Å². The van der Waals surface area contributed by atoms with E-state index in [9.17, 15) is 8.78 Å². The molecule has 1 saturated heterocycles. The summed E-state index contributed by atoms with van der Waals surface area (Å²) in [6, 6.07) is 2.35. The predicted octanol–water partition coefficient (Wildman–Crippen LogP) is 2.44. The van der Waals surface area contributed by atoms with Crippen LogP contribution in [0.1, 0.15) is 24.3 Å². The van der Waals surface area contributed by atoms with Crippen LogP contribution in [0.4, 0.5) is 8.78 Å². The maximum atomic E-state index is 13.9. The molecule has 1 fully saturated rings. The molecule has 1 atom stereocenters. The lowest BCUT2D eigenvalue weighted by molar-refractivity contribution is 0.372. The van der Waals surface area contributed by atoms with E-state index < -0.39 is 11.6 Å². The van der Waals surface area contributed by atoms with Crippen LogP contribution < -0.4 is 10.1 Å². The SMILES string of the molecule is COc1cc(F)cc(C2CCCNC2)c1F. The molecule has 2 nitrogen and oxygen atoms in total. The van der Waals surface area contributed by atoms with Crippen molar-refractivity contribution in [3.05, 3.63) is 29.3 Å². The molecule has 0 saturated carbocycles. The highest BCUT2D eigenvalue weighted by molar-refractivity contribution is 5.34. The van der Waals surface area contributed by atoms with Gasteiger partial charge in [-0.3, -0.25) is 0 Å². The molecule has 88 valence electrons. The molecule has 16 heavy (non-hydrogen) atoms. The Bertz CT molecular complexity index is 376. The minimum Gasteiger partial charge on any atom is -0.494 e. The van der Waals surface area contributed by atoms with E-state index in [0.29, 0.717) is 12.1 Å². The summed E-state index contributed by atoms with van der Waals surface area (Å²) < 4.78 is 32.0. The topological polar surface area (TPSA) is 21.3 Å². The lowest BCUT2D eigenvalue weighted by Crippen LogP contribution is -2.29. The number of rotatable bonds is 2. The Balaban J connectivity index is 2.34. The Kier molecular flexibility index (Phi) is 3.39. The van der Waals surface area contributed by atoms with Gasteiger partial charge in [0.2, 0.25) is 0 Å². The van der Waals surface area contributed by atoms with E-state index >= 15 is 0 Å². The van der Waals surface area contributed by atoms with Gasteiger partial charge in [0.25, 0.3) is 0 Å². The number of hydrogen-bond acceptors (Lipinski definition) is 2. The number of piperidine rings is 1. The van der Waals surface area contributed by atoms with Crippen LogP contribution in [0.5, 0.6) is 5.75 Å². The summed E-state index contributed by atoms with van der Waals surface area (Å²) >= 11 is 0. The van der Waals surface area contributed by atoms with Crippen LogP contribution in [0.15, 0.2) is 12.1 Å². The Morgan fingerprint density at radius 2 is 2.19 bits per heavy atom. The van der Waals surface area contributed by atoms with Crippen LogP contribution in [0.25, 0.3) is 0 Å². The molecule has 0 aromatic heterocycles. The fourth-order valence-electron chi connectivity index (χ4n) is 2.15. The molecular formula is C12H15F2NO. The Morgan fingerprint density at radius 3 is 2.81 bits per heavy atom. The van der Waals surface area contributed by atoms with Gasteiger partial charge in [0.05, 0.1) is 7.11 Å². The van der Waals surface area contributed by atoms with Gasteiger partial charge >= 0.3 is 0 Å². The first-order valence-electron chi connectivity index (χ1n) is 5.46. The summed E-state index contributed by atoms with van der Waals surface area (Å²) in [5.74, 6) is -0.852. The minimum atomic E-state index is -0.446. The van der Waals surface area contributed by atoms with Crippen LogP contribution in [0.2, 0.25) is 0 Å². The number of methoxy groups -OCH3 is 1. The maximum absolute atomic E-state index is 13.9. The van der Waals surface area contributed by atoms with E-state index in [1.807, 2.05) is 0 Å². The van der Waals surface area contributed by atoms with Crippen molar-refractivity contribution >= 4 is 0 Å². The highest BCUT2D eigenvalue weighted by Gasteiger charge is 2.21. The van der Waals surface area contributed by atoms with Crippen LogP contribution in [-0.2, 0) is 0 Å². The summed E-state index contributed by atoms with van der Waals surface area (Å²) in [5.41, 5.74) is 0.420. The van der Waals surface area contributed by atoms with Gasteiger partial charge in [-0.1, -0.05) is 0 Å². The Hall–Kier alpha value is -1.16. The fraction of sp³-hybridized carbons (Fsp3) is 0.500. The lowest BCUT2D eigenvalue weighted by Gasteiger charge is -2.24. The van der Waals surface area contributed by atoms with Gasteiger partial charge in [0, 0.05) is 12.6 Å². The van der Waals surface area contributed by atoms with Gasteiger partial charge in [-0.25, -0.2) is 8.78 Å². The van der Waals surface area contributed by atoms with Gasteiger partial charge in [0.15, 0.2) is 11.6 Å². The van der Waals surface area contributed by atoms with Crippen molar-refractivity contribution in [1.82, 2.24) is 5.32 Å². The van der Waals surface area contributed by atoms with Crippen molar-refractivity contribution in [2.24, 2.45) is 0 Å². The molecule has 1 aromatic rings. The third kappa shape index (κ3) is 2.16. The zero-order chi connectivity index (χ0) is 11.5. The summed E-state index contributed by atoms with van der Waals surface area (Å²) in [5, 5.41) is 3.19. The second kappa shape index (κ2) is 4.78. The van der Waals surface area contributed by atoms with E-state index in [1.54, 1.807) is 0 Å². The monoisotopic (exact) mass is 227 g/mol. The first kappa shape index (κ1) is 11.3. The molecule has 1 aliphatic rings. The summed E-state index contributed by atoms with van der Waals surface area (Å²) in [6.45, 7) is 1.65. The highest BCUT2D eigenvalue weighted by atomic mass is 19.1. The number of nitrogens with one attached hydrogen (secondary N) is 1. The molecule has 0 bridgehead atoms. The van der Waals surface area contributed by atoms with E-state index in [1.165, 1.54) is 13.2 Å². The van der Waals surface area contributed by atoms with Crippen molar-refractivity contribution < 1.29 is 13.5 Å². The quantitative estimate of drug-likeness (QED) is 0.837. The zero-order valence-electron chi connectivity index (χ0n) is 9.22. The standard InChI is InChI=1S/C12H15F2NO/c1-16-11-6-9(13)5-10(12(11)14)8-3-2-4-15-7-8/h5-6,8,15H,2-4,7H2,1H3. The average molecular weight is 227 g/mol. The van der Waals surface area contributed by atoms with Crippen LogP contribution >= 0.6 is 0 Å². The molecule has 2 rings (SSSR count). The Labute approximate surface area is 93.6 Å². The van der Waals surface area contributed by atoms with Crippen LogP contribution in [0, 0.1) is 11.6 Å². The number of benzene rings is 1. The van der Waals surface area contributed by atoms with E-state index in [-0.39, 0.29) is 11.7 Å². The number of ether oxygens (including phenoxy) is 1. The highest BCUT2D eigenvalue weighted by Crippen LogP contribution is 2.31. The Morgan fingerprint density at radius 1 is 1.38 bits per heavy atom. The minimum absolute atomic E-state index is 0.0134. The predicted molar refractivity (Wildman–Crippen MR) is 57.8 cm³/mol. The molecule has 0 aliphatic carbocycles. The molecule has 1 N–H and O–H groups in total. The molecule has 1 aliphatic heterocycles. The van der Waals surface area contributed by atoms with Gasteiger partial charge < -0.3 is 10.1 Å². The first-order valence-corrected chi connectivity index (χ1v) is 5.46. The molecule has 1 heterocycles. The molecule has 1 aromatic carbocycles. The lowest BCUT2D eigenvalue weighted by atomic mass is 9.91. The van der Waals surface area contributed by atoms with Gasteiger partial charge in [0.1, 0.15) is 5.82 Å². The first-order chi connectivity index (χ1) is 7.72. The van der Waals surface area contributed by atoms with Crippen molar-refractivity contribution in [1.29, 1.82) is 0 Å². The van der Waals surface area contributed by atoms with Crippen LogP contribution in [-0.4, -0.2) is 20.2 Å². The van der Waals surface area contributed by atoms with Crippen molar-refractivity contribution in [3.8, 4) is 5.75 Å². The van der Waals surface area contributed by atoms with E-state index in [4.69, 9.17) is 4.74 Å². The van der Waals surface area contributed by atoms with Gasteiger partial charge in [-0.2, -0.15) is 0 Å². The zero-order valence-corrected chi connectivity index (χ0v) is 9.22. The maximum Gasteiger partial charge on any atom is 0.168 e. The van der Waals surface area contributed by atoms with E-state index in [0.717, 1.165) is 25.5 Å². The number of hydrogen-bond donors (Lipinski definition) is 1. The average Bonchev–Trinajstić information content (AvgIpc) is 2.33. The summed E-state index contributed by atoms with van der Waals surface area (Å²) in [6.07, 6.45) is 1.87. The summed E-state index contributed by atoms with van der Waals surface area (Å²) in [7, 11) is 1.35. The molecule has 0 amide bonds. The fourth-order valence-corrected chi connectivity index (χ4v) is 2.15. The largest absolute Gasteiger partial charge is 0.494 e. The second-order valence-corrected chi connectivity index (χ2v) is 4.05. The molecule has 0 spiro atoms. The van der Waals surface area contributed by atoms with Crippen molar-refractivity contribution in [3.63, 3.8) is 0 Å². The third-order valence-electron chi connectivity index (χ3n) is 2.99. The molecule has 1 unspecified atom stereocenters. The van der Waals surface area contributed by atoms with Crippen LogP contribution in [0.3, 0.4) is 0 Å². The van der Waals surface area contributed by atoms with Gasteiger partial charge in [-0.05, 0) is 36.9 Å². The third-order valence-corrected chi connectivity index (χ3v) is 2.99. The smallest absolute Gasteiger partial charge is 0.168 e. The molecule has 4 heteroatoms. The molecular weight excluding hydrogens is 212 g/mol. The van der Waals surface area contributed by atoms with Crippen molar-refractivity contribution in [2.45, 2.75) is 18.8 Å².